The largest absolute Gasteiger partial charge is 0.330 e. The van der Waals surface area contributed by atoms with Crippen molar-refractivity contribution in [2.75, 3.05) is 0 Å². The molecule has 3 aromatic rings. The summed E-state index contributed by atoms with van der Waals surface area (Å²) in [6.45, 7) is 2.00. The van der Waals surface area contributed by atoms with E-state index in [2.05, 4.69) is 4.98 Å². The van der Waals surface area contributed by atoms with Gasteiger partial charge in [0, 0.05) is 5.02 Å². The summed E-state index contributed by atoms with van der Waals surface area (Å²) >= 11 is 11.6. The van der Waals surface area contributed by atoms with Crippen LogP contribution in [0.3, 0.4) is 0 Å². The lowest BCUT2D eigenvalue weighted by molar-refractivity contribution is 1.05. The number of rotatable bonds is 1. The van der Waals surface area contributed by atoms with Gasteiger partial charge in [0.05, 0.1) is 16.7 Å². The zero-order valence-electron chi connectivity index (χ0n) is 9.77. The molecule has 0 saturated carbocycles. The second-order valence-corrected chi connectivity index (χ2v) is 4.96. The van der Waals surface area contributed by atoms with Crippen LogP contribution >= 0.6 is 23.8 Å². The summed E-state index contributed by atoms with van der Waals surface area (Å²) in [6, 6.07) is 13.9. The maximum atomic E-state index is 6.18. The first-order chi connectivity index (χ1) is 8.68. The molecular formula is C14H11ClN2S. The van der Waals surface area contributed by atoms with E-state index < -0.39 is 0 Å². The van der Waals surface area contributed by atoms with Gasteiger partial charge in [0.2, 0.25) is 0 Å². The normalized spacial score (nSPS) is 11.0. The Morgan fingerprint density at radius 3 is 2.72 bits per heavy atom. The van der Waals surface area contributed by atoms with Crippen molar-refractivity contribution < 1.29 is 0 Å². The highest BCUT2D eigenvalue weighted by Crippen LogP contribution is 2.26. The number of fused-ring (bicyclic) bond motifs is 1. The van der Waals surface area contributed by atoms with Crippen molar-refractivity contribution in [1.82, 2.24) is 9.55 Å². The molecule has 90 valence electrons. The number of aromatic nitrogens is 2. The molecule has 2 nitrogen and oxygen atoms in total. The smallest absolute Gasteiger partial charge is 0.182 e. The molecule has 1 N–H and O–H groups in total. The van der Waals surface area contributed by atoms with Crippen molar-refractivity contribution in [3.63, 3.8) is 0 Å². The summed E-state index contributed by atoms with van der Waals surface area (Å²) in [5, 5.41) is 0.750. The van der Waals surface area contributed by atoms with Gasteiger partial charge in [-0.25, -0.2) is 0 Å². The molecule has 0 radical (unpaired) electrons. The fraction of sp³-hybridized carbons (Fsp3) is 0.0714. The van der Waals surface area contributed by atoms with E-state index in [1.807, 2.05) is 54.0 Å². The van der Waals surface area contributed by atoms with Gasteiger partial charge in [0.15, 0.2) is 4.77 Å². The maximum Gasteiger partial charge on any atom is 0.182 e. The first kappa shape index (κ1) is 11.5. The number of halogens is 1. The van der Waals surface area contributed by atoms with Crippen LogP contribution in [0.25, 0.3) is 16.7 Å². The van der Waals surface area contributed by atoms with Gasteiger partial charge < -0.3 is 4.98 Å². The first-order valence-electron chi connectivity index (χ1n) is 5.64. The van der Waals surface area contributed by atoms with E-state index in [1.165, 1.54) is 0 Å². The quantitative estimate of drug-likeness (QED) is 0.641. The number of aromatic amines is 1. The Hall–Kier alpha value is -1.58. The molecule has 0 fully saturated rings. The van der Waals surface area contributed by atoms with E-state index in [0.29, 0.717) is 4.77 Å². The summed E-state index contributed by atoms with van der Waals surface area (Å²) in [5.74, 6) is 0. The zero-order valence-corrected chi connectivity index (χ0v) is 11.3. The van der Waals surface area contributed by atoms with Gasteiger partial charge >= 0.3 is 0 Å². The van der Waals surface area contributed by atoms with E-state index in [4.69, 9.17) is 23.8 Å². The molecule has 1 aromatic heterocycles. The number of hydrogen-bond acceptors (Lipinski definition) is 1. The van der Waals surface area contributed by atoms with Crippen LogP contribution in [0.5, 0.6) is 0 Å². The van der Waals surface area contributed by atoms with Crippen molar-refractivity contribution in [2.45, 2.75) is 6.92 Å². The van der Waals surface area contributed by atoms with Gasteiger partial charge in [0.25, 0.3) is 0 Å². The van der Waals surface area contributed by atoms with Crippen molar-refractivity contribution in [2.24, 2.45) is 0 Å². The molecule has 3 rings (SSSR count). The number of nitrogens with zero attached hydrogens (tertiary/aromatic N) is 1. The molecule has 0 saturated heterocycles. The standard InChI is InChI=1S/C14H11ClN2S/c1-9-10(15)5-4-8-12(9)17-13-7-3-2-6-11(13)16-14(17)18/h2-8H,1H3,(H,16,18). The molecule has 0 bridgehead atoms. The zero-order chi connectivity index (χ0) is 12.7. The number of imidazole rings is 1. The second-order valence-electron chi connectivity index (χ2n) is 4.17. The average molecular weight is 275 g/mol. The molecule has 18 heavy (non-hydrogen) atoms. The lowest BCUT2D eigenvalue weighted by atomic mass is 10.2. The molecule has 0 aliphatic carbocycles. The molecule has 0 spiro atoms. The molecule has 0 atom stereocenters. The van der Waals surface area contributed by atoms with Gasteiger partial charge in [-0.2, -0.15) is 0 Å². The minimum Gasteiger partial charge on any atom is -0.330 e. The summed E-state index contributed by atoms with van der Waals surface area (Å²) in [4.78, 5) is 3.21. The first-order valence-corrected chi connectivity index (χ1v) is 6.42. The Kier molecular flexibility index (Phi) is 2.73. The summed E-state index contributed by atoms with van der Waals surface area (Å²) in [6.07, 6.45) is 0. The fourth-order valence-electron chi connectivity index (χ4n) is 2.13. The number of nitrogens with one attached hydrogen (secondary N) is 1. The monoisotopic (exact) mass is 274 g/mol. The lowest BCUT2D eigenvalue weighted by Gasteiger charge is -2.09. The van der Waals surface area contributed by atoms with Crippen LogP contribution in [-0.2, 0) is 0 Å². The van der Waals surface area contributed by atoms with Crippen LogP contribution in [0.1, 0.15) is 5.56 Å². The molecule has 0 unspecified atom stereocenters. The number of hydrogen-bond donors (Lipinski definition) is 1. The summed E-state index contributed by atoms with van der Waals surface area (Å²) in [5.41, 5.74) is 4.14. The van der Waals surface area contributed by atoms with Crippen molar-refractivity contribution in [3.8, 4) is 5.69 Å². The van der Waals surface area contributed by atoms with Crippen LogP contribution < -0.4 is 0 Å². The van der Waals surface area contributed by atoms with Crippen LogP contribution in [0.15, 0.2) is 42.5 Å². The van der Waals surface area contributed by atoms with E-state index in [-0.39, 0.29) is 0 Å². The molecule has 4 heteroatoms. The van der Waals surface area contributed by atoms with E-state index in [1.54, 1.807) is 0 Å². The van der Waals surface area contributed by atoms with Crippen molar-refractivity contribution in [3.05, 3.63) is 57.8 Å². The van der Waals surface area contributed by atoms with Crippen LogP contribution in [0.4, 0.5) is 0 Å². The van der Waals surface area contributed by atoms with E-state index >= 15 is 0 Å². The number of para-hydroxylation sites is 2. The van der Waals surface area contributed by atoms with Crippen LogP contribution in [0, 0.1) is 11.7 Å². The van der Waals surface area contributed by atoms with Crippen LogP contribution in [-0.4, -0.2) is 9.55 Å². The third-order valence-corrected chi connectivity index (χ3v) is 3.76. The fourth-order valence-corrected chi connectivity index (χ4v) is 2.61. The highest BCUT2D eigenvalue weighted by atomic mass is 35.5. The highest BCUT2D eigenvalue weighted by Gasteiger charge is 2.09. The highest BCUT2D eigenvalue weighted by molar-refractivity contribution is 7.71. The van der Waals surface area contributed by atoms with Gasteiger partial charge in [0.1, 0.15) is 0 Å². The minimum absolute atomic E-state index is 0.682. The minimum atomic E-state index is 0.682. The predicted molar refractivity (Wildman–Crippen MR) is 78.2 cm³/mol. The van der Waals surface area contributed by atoms with Crippen molar-refractivity contribution >= 4 is 34.9 Å². The predicted octanol–water partition coefficient (Wildman–Crippen LogP) is 4.65. The van der Waals surface area contributed by atoms with Gasteiger partial charge in [-0.3, -0.25) is 4.57 Å². The van der Waals surface area contributed by atoms with Crippen LogP contribution in [0.2, 0.25) is 5.02 Å². The van der Waals surface area contributed by atoms with Crippen molar-refractivity contribution in [1.29, 1.82) is 0 Å². The lowest BCUT2D eigenvalue weighted by Crippen LogP contribution is -1.97. The topological polar surface area (TPSA) is 20.7 Å². The van der Waals surface area contributed by atoms with E-state index in [9.17, 15) is 0 Å². The molecule has 1 heterocycles. The Morgan fingerprint density at radius 2 is 1.89 bits per heavy atom. The Labute approximate surface area is 115 Å². The van der Waals surface area contributed by atoms with Gasteiger partial charge in [-0.1, -0.05) is 29.8 Å². The third kappa shape index (κ3) is 1.67. The average Bonchev–Trinajstić information content (AvgIpc) is 2.69. The Balaban J connectivity index is 2.42. The Bertz CT molecular complexity index is 786. The van der Waals surface area contributed by atoms with Gasteiger partial charge in [-0.05, 0) is 49.0 Å². The molecule has 2 aromatic carbocycles. The molecule has 0 aliphatic rings. The SMILES string of the molecule is Cc1c(Cl)cccc1-n1c(=S)[nH]c2ccccc21. The number of benzene rings is 2. The third-order valence-electron chi connectivity index (χ3n) is 3.07. The number of H-pyrrole nitrogens is 1. The molecular weight excluding hydrogens is 264 g/mol. The van der Waals surface area contributed by atoms with Gasteiger partial charge in [-0.15, -0.1) is 0 Å². The Morgan fingerprint density at radius 1 is 1.11 bits per heavy atom. The summed E-state index contributed by atoms with van der Waals surface area (Å²) in [7, 11) is 0. The maximum absolute atomic E-state index is 6.18. The van der Waals surface area contributed by atoms with E-state index in [0.717, 1.165) is 27.3 Å². The second kappa shape index (κ2) is 4.26. The molecule has 0 amide bonds. The summed E-state index contributed by atoms with van der Waals surface area (Å²) < 4.78 is 2.70. The molecule has 0 aliphatic heterocycles.